The number of rotatable bonds is 11. The zero-order chi connectivity index (χ0) is 27.8. The van der Waals surface area contributed by atoms with Gasteiger partial charge >= 0.3 is 0 Å². The average Bonchev–Trinajstić information content (AvgIpc) is 3.51. The Labute approximate surface area is 235 Å². The number of sulfonamides is 1. The van der Waals surface area contributed by atoms with Crippen LogP contribution < -0.4 is 5.32 Å². The van der Waals surface area contributed by atoms with Crippen LogP contribution in [-0.4, -0.2) is 48.6 Å². The molecule has 1 N–H and O–H groups in total. The molecule has 2 amide bonds. The first-order valence-electron chi connectivity index (χ1n) is 13.2. The van der Waals surface area contributed by atoms with Crippen molar-refractivity contribution < 1.29 is 18.0 Å². The van der Waals surface area contributed by atoms with Gasteiger partial charge in [-0.25, -0.2) is 8.42 Å². The molecular formula is C30H34ClN3O4S. The van der Waals surface area contributed by atoms with Gasteiger partial charge in [0, 0.05) is 37.6 Å². The van der Waals surface area contributed by atoms with Crippen LogP contribution in [0.15, 0.2) is 83.8 Å². The number of carbonyl (C=O) groups is 2. The van der Waals surface area contributed by atoms with Gasteiger partial charge in [-0.3, -0.25) is 9.59 Å². The fourth-order valence-corrected chi connectivity index (χ4v) is 6.25. The molecular weight excluding hydrogens is 534 g/mol. The first kappa shape index (κ1) is 28.8. The van der Waals surface area contributed by atoms with E-state index in [0.29, 0.717) is 37.6 Å². The smallest absolute Gasteiger partial charge is 0.243 e. The topological polar surface area (TPSA) is 86.8 Å². The summed E-state index contributed by atoms with van der Waals surface area (Å²) in [6, 6.07) is 22.9. The Morgan fingerprint density at radius 2 is 1.51 bits per heavy atom. The molecule has 1 atom stereocenters. The van der Waals surface area contributed by atoms with Gasteiger partial charge in [0.2, 0.25) is 21.8 Å². The lowest BCUT2D eigenvalue weighted by atomic mass is 10.1. The highest BCUT2D eigenvalue weighted by molar-refractivity contribution is 7.89. The summed E-state index contributed by atoms with van der Waals surface area (Å²) in [7, 11) is -3.48. The number of hydrogen-bond acceptors (Lipinski definition) is 4. The van der Waals surface area contributed by atoms with Crippen molar-refractivity contribution in [2.75, 3.05) is 13.1 Å². The van der Waals surface area contributed by atoms with Gasteiger partial charge in [-0.05, 0) is 67.1 Å². The molecule has 7 nitrogen and oxygen atoms in total. The van der Waals surface area contributed by atoms with Crippen molar-refractivity contribution in [2.24, 2.45) is 0 Å². The minimum atomic E-state index is -3.48. The molecule has 0 unspecified atom stereocenters. The van der Waals surface area contributed by atoms with E-state index in [9.17, 15) is 18.0 Å². The van der Waals surface area contributed by atoms with Crippen molar-refractivity contribution in [2.45, 2.75) is 56.6 Å². The molecule has 3 aromatic carbocycles. The molecule has 3 aromatic rings. The van der Waals surface area contributed by atoms with E-state index in [1.165, 1.54) is 4.31 Å². The number of hydrogen-bond donors (Lipinski definition) is 1. The predicted molar refractivity (Wildman–Crippen MR) is 153 cm³/mol. The summed E-state index contributed by atoms with van der Waals surface area (Å²) >= 11 is 5.95. The van der Waals surface area contributed by atoms with Crippen molar-refractivity contribution in [3.63, 3.8) is 0 Å². The van der Waals surface area contributed by atoms with E-state index >= 15 is 0 Å². The van der Waals surface area contributed by atoms with Crippen LogP contribution >= 0.6 is 11.6 Å². The summed E-state index contributed by atoms with van der Waals surface area (Å²) in [4.78, 5) is 28.3. The number of amides is 2. The molecule has 0 spiro atoms. The van der Waals surface area contributed by atoms with Crippen LogP contribution in [-0.2, 0) is 39.1 Å². The van der Waals surface area contributed by atoms with Crippen LogP contribution in [0.25, 0.3) is 0 Å². The first-order chi connectivity index (χ1) is 18.7. The Hall–Kier alpha value is -3.20. The second kappa shape index (κ2) is 13.2. The van der Waals surface area contributed by atoms with E-state index in [0.717, 1.165) is 29.5 Å². The molecule has 0 aromatic heterocycles. The first-order valence-corrected chi connectivity index (χ1v) is 15.0. The summed E-state index contributed by atoms with van der Waals surface area (Å²) in [5.74, 6) is -0.396. The van der Waals surface area contributed by atoms with E-state index in [2.05, 4.69) is 5.32 Å². The minimum absolute atomic E-state index is 0.151. The summed E-state index contributed by atoms with van der Waals surface area (Å²) in [5, 5.41) is 3.55. The molecule has 1 aliphatic rings. The van der Waals surface area contributed by atoms with Crippen molar-refractivity contribution in [1.29, 1.82) is 0 Å². The zero-order valence-corrected chi connectivity index (χ0v) is 23.6. The highest BCUT2D eigenvalue weighted by Gasteiger charge is 2.28. The fraction of sp³-hybridized carbons (Fsp3) is 0.333. The molecule has 0 aliphatic carbocycles. The molecule has 1 saturated heterocycles. The molecule has 0 saturated carbocycles. The maximum atomic E-state index is 13.4. The summed E-state index contributed by atoms with van der Waals surface area (Å²) < 4.78 is 27.1. The second-order valence-electron chi connectivity index (χ2n) is 9.78. The lowest BCUT2D eigenvalue weighted by Crippen LogP contribution is -2.47. The SMILES string of the molecule is C[C@H](C(=O)NCc1ccc(Cl)cc1)N(Cc1ccccc1)C(=O)CCc1ccc(S(=O)(=O)N2CCCC2)cc1. The molecule has 1 heterocycles. The average molecular weight is 568 g/mol. The Kier molecular flexibility index (Phi) is 9.78. The third-order valence-electron chi connectivity index (χ3n) is 7.00. The van der Waals surface area contributed by atoms with Crippen LogP contribution in [0.2, 0.25) is 5.02 Å². The van der Waals surface area contributed by atoms with Crippen molar-refractivity contribution >= 4 is 33.4 Å². The number of halogens is 1. The van der Waals surface area contributed by atoms with Gasteiger partial charge < -0.3 is 10.2 Å². The Balaban J connectivity index is 1.40. The third kappa shape index (κ3) is 7.68. The standard InChI is InChI=1S/C30H34ClN3O4S/c1-23(30(36)32-21-25-9-14-27(31)15-10-25)34(22-26-7-3-2-4-8-26)29(35)18-13-24-11-16-28(17-12-24)39(37,38)33-19-5-6-20-33/h2-4,7-12,14-17,23H,5-6,13,18-22H2,1H3,(H,32,36)/t23-/m1/s1. The Bertz CT molecular complexity index is 1360. The number of nitrogens with zero attached hydrogens (tertiary/aromatic N) is 2. The van der Waals surface area contributed by atoms with Crippen LogP contribution in [0.5, 0.6) is 0 Å². The third-order valence-corrected chi connectivity index (χ3v) is 9.16. The quantitative estimate of drug-likeness (QED) is 0.361. The number of carbonyl (C=O) groups excluding carboxylic acids is 2. The number of nitrogens with one attached hydrogen (secondary N) is 1. The molecule has 9 heteroatoms. The van der Waals surface area contributed by atoms with Crippen LogP contribution in [0.4, 0.5) is 0 Å². The Morgan fingerprint density at radius 3 is 2.15 bits per heavy atom. The second-order valence-corrected chi connectivity index (χ2v) is 12.2. The fourth-order valence-electron chi connectivity index (χ4n) is 4.60. The lowest BCUT2D eigenvalue weighted by Gasteiger charge is -2.29. The van der Waals surface area contributed by atoms with Gasteiger partial charge in [-0.2, -0.15) is 4.31 Å². The van der Waals surface area contributed by atoms with Crippen molar-refractivity contribution in [3.05, 3.63) is 101 Å². The van der Waals surface area contributed by atoms with E-state index < -0.39 is 16.1 Å². The van der Waals surface area contributed by atoms with Gasteiger partial charge in [0.15, 0.2) is 0 Å². The summed E-state index contributed by atoms with van der Waals surface area (Å²) in [5.41, 5.74) is 2.71. The molecule has 1 fully saturated rings. The molecule has 4 rings (SSSR count). The maximum absolute atomic E-state index is 13.4. The van der Waals surface area contributed by atoms with E-state index in [1.807, 2.05) is 42.5 Å². The van der Waals surface area contributed by atoms with Crippen LogP contribution in [0.1, 0.15) is 42.9 Å². The van der Waals surface area contributed by atoms with Gasteiger partial charge in [0.1, 0.15) is 6.04 Å². The number of aryl methyl sites for hydroxylation is 1. The zero-order valence-electron chi connectivity index (χ0n) is 22.1. The van der Waals surface area contributed by atoms with Gasteiger partial charge in [0.05, 0.1) is 4.90 Å². The highest BCUT2D eigenvalue weighted by atomic mass is 35.5. The highest BCUT2D eigenvalue weighted by Crippen LogP contribution is 2.22. The van der Waals surface area contributed by atoms with Gasteiger partial charge in [-0.1, -0.05) is 66.2 Å². The van der Waals surface area contributed by atoms with Gasteiger partial charge in [-0.15, -0.1) is 0 Å². The van der Waals surface area contributed by atoms with Crippen LogP contribution in [0, 0.1) is 0 Å². The normalized spacial score (nSPS) is 14.6. The van der Waals surface area contributed by atoms with E-state index in [-0.39, 0.29) is 23.1 Å². The molecule has 0 radical (unpaired) electrons. The summed E-state index contributed by atoms with van der Waals surface area (Å²) in [6.07, 6.45) is 2.40. The monoisotopic (exact) mass is 567 g/mol. The molecule has 39 heavy (non-hydrogen) atoms. The number of benzene rings is 3. The molecule has 206 valence electrons. The predicted octanol–water partition coefficient (Wildman–Crippen LogP) is 4.79. The lowest BCUT2D eigenvalue weighted by molar-refractivity contribution is -0.140. The van der Waals surface area contributed by atoms with E-state index in [1.54, 1.807) is 48.2 Å². The summed E-state index contributed by atoms with van der Waals surface area (Å²) in [6.45, 7) is 3.49. The van der Waals surface area contributed by atoms with E-state index in [4.69, 9.17) is 11.6 Å². The van der Waals surface area contributed by atoms with Crippen molar-refractivity contribution in [3.8, 4) is 0 Å². The van der Waals surface area contributed by atoms with Gasteiger partial charge in [0.25, 0.3) is 0 Å². The molecule has 1 aliphatic heterocycles. The largest absolute Gasteiger partial charge is 0.350 e. The minimum Gasteiger partial charge on any atom is -0.350 e. The molecule has 0 bridgehead atoms. The van der Waals surface area contributed by atoms with Crippen LogP contribution in [0.3, 0.4) is 0 Å². The Morgan fingerprint density at radius 1 is 0.897 bits per heavy atom. The maximum Gasteiger partial charge on any atom is 0.243 e. The van der Waals surface area contributed by atoms with Crippen molar-refractivity contribution in [1.82, 2.24) is 14.5 Å².